The molecule has 0 fully saturated rings. The molecule has 0 saturated heterocycles. The van der Waals surface area contributed by atoms with Gasteiger partial charge in [-0.15, -0.1) is 0 Å². The molecule has 0 heterocycles. The molecule has 0 N–H and O–H groups in total. The minimum absolute atomic E-state index is 0.856. The quantitative estimate of drug-likeness (QED) is 0.714. The number of fused-ring (bicyclic) bond motifs is 1. The van der Waals surface area contributed by atoms with E-state index in [1.54, 1.807) is 11.1 Å². The third-order valence-electron chi connectivity index (χ3n) is 3.32. The second kappa shape index (κ2) is 4.36. The molecule has 1 aromatic rings. The second-order valence-corrected chi connectivity index (χ2v) is 5.14. The monoisotopic (exact) mass is 203 g/mol. The van der Waals surface area contributed by atoms with Gasteiger partial charge >= 0.3 is 0 Å². The molecule has 1 aromatic carbocycles. The van der Waals surface area contributed by atoms with Crippen molar-refractivity contribution in [2.24, 2.45) is 5.92 Å². The van der Waals surface area contributed by atoms with Crippen molar-refractivity contribution in [2.45, 2.75) is 26.2 Å². The van der Waals surface area contributed by atoms with E-state index in [2.05, 4.69) is 44.1 Å². The first kappa shape index (κ1) is 10.7. The highest BCUT2D eigenvalue weighted by Crippen LogP contribution is 2.26. The van der Waals surface area contributed by atoms with Gasteiger partial charge < -0.3 is 4.90 Å². The normalized spacial score (nSPS) is 20.4. The molecular weight excluding hydrogens is 182 g/mol. The lowest BCUT2D eigenvalue weighted by Crippen LogP contribution is -2.26. The highest BCUT2D eigenvalue weighted by molar-refractivity contribution is 5.33. The van der Waals surface area contributed by atoms with Crippen molar-refractivity contribution in [3.8, 4) is 0 Å². The van der Waals surface area contributed by atoms with Gasteiger partial charge in [-0.3, -0.25) is 0 Å². The maximum absolute atomic E-state index is 2.37. The van der Waals surface area contributed by atoms with Crippen LogP contribution in [0.1, 0.15) is 23.1 Å². The summed E-state index contributed by atoms with van der Waals surface area (Å²) in [6.45, 7) is 3.42. The van der Waals surface area contributed by atoms with E-state index in [9.17, 15) is 0 Å². The summed E-state index contributed by atoms with van der Waals surface area (Å²) in [6.07, 6.45) is 3.90. The van der Waals surface area contributed by atoms with Crippen molar-refractivity contribution >= 4 is 0 Å². The third-order valence-corrected chi connectivity index (χ3v) is 3.32. The molecule has 15 heavy (non-hydrogen) atoms. The van der Waals surface area contributed by atoms with E-state index in [1.165, 1.54) is 31.4 Å². The Morgan fingerprint density at radius 1 is 1.27 bits per heavy atom. The topological polar surface area (TPSA) is 3.24 Å². The van der Waals surface area contributed by atoms with Crippen LogP contribution in [0.3, 0.4) is 0 Å². The Labute approximate surface area is 93.1 Å². The summed E-state index contributed by atoms with van der Waals surface area (Å²) in [5.74, 6) is 0.856. The Balaban J connectivity index is 2.11. The van der Waals surface area contributed by atoms with Crippen LogP contribution in [0.15, 0.2) is 18.2 Å². The predicted octanol–water partition coefficient (Wildman–Crippen LogP) is 2.66. The van der Waals surface area contributed by atoms with Gasteiger partial charge in [-0.25, -0.2) is 0 Å². The minimum atomic E-state index is 0.856. The van der Waals surface area contributed by atoms with Gasteiger partial charge in [-0.05, 0) is 57.3 Å². The Morgan fingerprint density at radius 3 is 2.80 bits per heavy atom. The molecule has 0 bridgehead atoms. The number of benzene rings is 1. The number of nitrogens with zero attached hydrogens (tertiary/aromatic N) is 1. The van der Waals surface area contributed by atoms with Gasteiger partial charge in [0.2, 0.25) is 0 Å². The van der Waals surface area contributed by atoms with Crippen LogP contribution in [0.5, 0.6) is 0 Å². The molecule has 82 valence electrons. The van der Waals surface area contributed by atoms with Crippen LogP contribution in [0.25, 0.3) is 0 Å². The van der Waals surface area contributed by atoms with Gasteiger partial charge in [0, 0.05) is 6.54 Å². The Kier molecular flexibility index (Phi) is 3.11. The molecule has 1 aliphatic carbocycles. The fourth-order valence-electron chi connectivity index (χ4n) is 2.63. The summed E-state index contributed by atoms with van der Waals surface area (Å²) in [6, 6.07) is 6.93. The zero-order valence-corrected chi connectivity index (χ0v) is 10.1. The minimum Gasteiger partial charge on any atom is -0.309 e. The zero-order valence-electron chi connectivity index (χ0n) is 10.1. The summed E-state index contributed by atoms with van der Waals surface area (Å²) in [5, 5.41) is 0. The van der Waals surface area contributed by atoms with Crippen molar-refractivity contribution in [3.63, 3.8) is 0 Å². The van der Waals surface area contributed by atoms with Crippen LogP contribution in [0.2, 0.25) is 0 Å². The molecule has 1 nitrogen and oxygen atoms in total. The molecule has 2 rings (SSSR count). The molecule has 0 aliphatic heterocycles. The lowest BCUT2D eigenvalue weighted by Gasteiger charge is -2.27. The van der Waals surface area contributed by atoms with Crippen molar-refractivity contribution in [1.82, 2.24) is 4.90 Å². The number of hydrogen-bond acceptors (Lipinski definition) is 1. The Morgan fingerprint density at radius 2 is 2.07 bits per heavy atom. The van der Waals surface area contributed by atoms with E-state index in [0.29, 0.717) is 0 Å². The highest BCUT2D eigenvalue weighted by atomic mass is 15.1. The van der Waals surface area contributed by atoms with Crippen molar-refractivity contribution < 1.29 is 0 Å². The van der Waals surface area contributed by atoms with Crippen molar-refractivity contribution in [1.29, 1.82) is 0 Å². The van der Waals surface area contributed by atoms with E-state index in [1.807, 2.05) is 0 Å². The van der Waals surface area contributed by atoms with Crippen LogP contribution in [-0.2, 0) is 12.8 Å². The van der Waals surface area contributed by atoms with Crippen LogP contribution in [0, 0.1) is 12.8 Å². The average molecular weight is 203 g/mol. The molecular formula is C14H21N. The van der Waals surface area contributed by atoms with Gasteiger partial charge in [-0.2, -0.15) is 0 Å². The fraction of sp³-hybridized carbons (Fsp3) is 0.571. The van der Waals surface area contributed by atoms with Gasteiger partial charge in [0.05, 0.1) is 0 Å². The molecule has 0 spiro atoms. The van der Waals surface area contributed by atoms with Crippen LogP contribution in [0.4, 0.5) is 0 Å². The average Bonchev–Trinajstić information content (AvgIpc) is 2.16. The highest BCUT2D eigenvalue weighted by Gasteiger charge is 2.18. The number of aryl methyl sites for hydroxylation is 2. The Hall–Kier alpha value is -0.820. The van der Waals surface area contributed by atoms with E-state index in [-0.39, 0.29) is 0 Å². The van der Waals surface area contributed by atoms with Gasteiger partial charge in [0.15, 0.2) is 0 Å². The van der Waals surface area contributed by atoms with E-state index < -0.39 is 0 Å². The predicted molar refractivity (Wildman–Crippen MR) is 65.2 cm³/mol. The first-order valence-electron chi connectivity index (χ1n) is 5.88. The largest absolute Gasteiger partial charge is 0.309 e. The number of hydrogen-bond donors (Lipinski definition) is 0. The van der Waals surface area contributed by atoms with Crippen molar-refractivity contribution in [3.05, 3.63) is 34.9 Å². The van der Waals surface area contributed by atoms with Gasteiger partial charge in [0.25, 0.3) is 0 Å². The van der Waals surface area contributed by atoms with Gasteiger partial charge in [0.1, 0.15) is 0 Å². The van der Waals surface area contributed by atoms with Gasteiger partial charge in [-0.1, -0.05) is 23.8 Å². The molecule has 1 aliphatic rings. The lowest BCUT2D eigenvalue weighted by atomic mass is 9.83. The summed E-state index contributed by atoms with van der Waals surface area (Å²) >= 11 is 0. The third kappa shape index (κ3) is 2.60. The molecule has 0 saturated carbocycles. The van der Waals surface area contributed by atoms with E-state index in [4.69, 9.17) is 0 Å². The maximum atomic E-state index is 2.37. The molecule has 0 amide bonds. The second-order valence-electron chi connectivity index (χ2n) is 5.14. The van der Waals surface area contributed by atoms with E-state index in [0.717, 1.165) is 5.92 Å². The van der Waals surface area contributed by atoms with Crippen molar-refractivity contribution in [2.75, 3.05) is 20.6 Å². The molecule has 0 aromatic heterocycles. The summed E-state index contributed by atoms with van der Waals surface area (Å²) in [7, 11) is 4.34. The summed E-state index contributed by atoms with van der Waals surface area (Å²) < 4.78 is 0. The molecule has 1 atom stereocenters. The summed E-state index contributed by atoms with van der Waals surface area (Å²) in [4.78, 5) is 2.31. The summed E-state index contributed by atoms with van der Waals surface area (Å²) in [5.41, 5.74) is 4.57. The standard InChI is InChI=1S/C14H21N/c1-11-4-6-13-7-5-12(10-15(2)3)9-14(13)8-11/h4,6,8,12H,5,7,9-10H2,1-3H3. The van der Waals surface area contributed by atoms with Crippen LogP contribution >= 0.6 is 0 Å². The smallest absolute Gasteiger partial charge is 0.000685 e. The zero-order chi connectivity index (χ0) is 10.8. The van der Waals surface area contributed by atoms with E-state index >= 15 is 0 Å². The first-order valence-corrected chi connectivity index (χ1v) is 5.88. The molecule has 1 heteroatoms. The van der Waals surface area contributed by atoms with Crippen LogP contribution in [-0.4, -0.2) is 25.5 Å². The Bertz CT molecular complexity index is 341. The molecule has 0 radical (unpaired) electrons. The van der Waals surface area contributed by atoms with Crippen LogP contribution < -0.4 is 0 Å². The number of rotatable bonds is 2. The first-order chi connectivity index (χ1) is 7.15. The SMILES string of the molecule is Cc1ccc2c(c1)CC(CN(C)C)CC2. The molecule has 1 unspecified atom stereocenters. The maximum Gasteiger partial charge on any atom is 0.000685 e. The lowest BCUT2D eigenvalue weighted by molar-refractivity contribution is 0.302. The fourth-order valence-corrected chi connectivity index (χ4v) is 2.63.